The smallest absolute Gasteiger partial charge is 0.262 e. The van der Waals surface area contributed by atoms with Gasteiger partial charge in [-0.25, -0.2) is 12.7 Å². The highest BCUT2D eigenvalue weighted by Gasteiger charge is 2.20. The number of para-hydroxylation sites is 1. The molecule has 25 heavy (non-hydrogen) atoms. The summed E-state index contributed by atoms with van der Waals surface area (Å²) >= 11 is 2.13. The third-order valence-corrected chi connectivity index (χ3v) is 6.27. The highest BCUT2D eigenvalue weighted by molar-refractivity contribution is 14.1. The van der Waals surface area contributed by atoms with Crippen LogP contribution in [-0.4, -0.2) is 39.3 Å². The summed E-state index contributed by atoms with van der Waals surface area (Å²) in [5.41, 5.74) is 1.02. The van der Waals surface area contributed by atoms with E-state index >= 15 is 0 Å². The maximum absolute atomic E-state index is 12.3. The molecule has 1 N–H and O–H groups in total. The lowest BCUT2D eigenvalue weighted by Gasteiger charge is -2.15. The monoisotopic (exact) mass is 474 g/mol. The van der Waals surface area contributed by atoms with Crippen LogP contribution in [0, 0.1) is 10.5 Å². The van der Waals surface area contributed by atoms with Gasteiger partial charge in [0.1, 0.15) is 5.75 Å². The minimum atomic E-state index is -3.58. The van der Waals surface area contributed by atoms with E-state index in [0.717, 1.165) is 7.88 Å². The van der Waals surface area contributed by atoms with Gasteiger partial charge in [0.15, 0.2) is 6.61 Å². The molecule has 0 aliphatic heterocycles. The topological polar surface area (TPSA) is 75.7 Å². The molecule has 0 radical (unpaired) electrons. The largest absolute Gasteiger partial charge is 0.483 e. The van der Waals surface area contributed by atoms with Gasteiger partial charge in [-0.2, -0.15) is 0 Å². The summed E-state index contributed by atoms with van der Waals surface area (Å²) in [6, 6.07) is 12.1. The molecule has 134 valence electrons. The lowest BCUT2D eigenvalue weighted by molar-refractivity contribution is -0.118. The van der Waals surface area contributed by atoms with Crippen molar-refractivity contribution < 1.29 is 17.9 Å². The molecule has 1 amide bonds. The van der Waals surface area contributed by atoms with E-state index in [2.05, 4.69) is 27.9 Å². The SMILES string of the molecule is Cc1ccc(NC(=O)COc2ccccc2I)cc1S(=O)(=O)N(C)C. The Morgan fingerprint density at radius 3 is 2.52 bits per heavy atom. The number of carbonyl (C=O) groups is 1. The number of nitrogens with one attached hydrogen (secondary N) is 1. The molecule has 0 aromatic heterocycles. The number of ether oxygens (including phenoxy) is 1. The number of aryl methyl sites for hydroxylation is 1. The number of benzene rings is 2. The highest BCUT2D eigenvalue weighted by atomic mass is 127. The number of hydrogen-bond acceptors (Lipinski definition) is 4. The molecule has 0 spiro atoms. The maximum Gasteiger partial charge on any atom is 0.262 e. The van der Waals surface area contributed by atoms with Crippen LogP contribution in [-0.2, 0) is 14.8 Å². The van der Waals surface area contributed by atoms with Gasteiger partial charge in [0.2, 0.25) is 10.0 Å². The van der Waals surface area contributed by atoms with Crippen LogP contribution in [0.4, 0.5) is 5.69 Å². The van der Waals surface area contributed by atoms with Crippen LogP contribution in [0.25, 0.3) is 0 Å². The van der Waals surface area contributed by atoms with Gasteiger partial charge in [-0.15, -0.1) is 0 Å². The van der Waals surface area contributed by atoms with E-state index < -0.39 is 10.0 Å². The summed E-state index contributed by atoms with van der Waals surface area (Å²) in [6.45, 7) is 1.55. The molecule has 0 aliphatic carbocycles. The standard InChI is InChI=1S/C17H19IN2O4S/c1-12-8-9-13(10-16(12)25(22,23)20(2)3)19-17(21)11-24-15-7-5-4-6-14(15)18/h4-10H,11H2,1-3H3,(H,19,21). The third-order valence-electron chi connectivity index (χ3n) is 3.43. The van der Waals surface area contributed by atoms with Crippen LogP contribution >= 0.6 is 22.6 Å². The van der Waals surface area contributed by atoms with Crippen molar-refractivity contribution >= 4 is 44.2 Å². The van der Waals surface area contributed by atoms with Crippen LogP contribution in [0.1, 0.15) is 5.56 Å². The number of anilines is 1. The van der Waals surface area contributed by atoms with Crippen molar-refractivity contribution in [1.29, 1.82) is 0 Å². The van der Waals surface area contributed by atoms with E-state index in [0.29, 0.717) is 17.0 Å². The molecule has 0 saturated carbocycles. The Kier molecular flexibility index (Phi) is 6.42. The molecule has 8 heteroatoms. The molecular formula is C17H19IN2O4S. The van der Waals surface area contributed by atoms with Gasteiger partial charge >= 0.3 is 0 Å². The molecule has 0 unspecified atom stereocenters. The molecule has 0 heterocycles. The Bertz CT molecular complexity index is 882. The van der Waals surface area contributed by atoms with Gasteiger partial charge in [-0.3, -0.25) is 4.79 Å². The summed E-state index contributed by atoms with van der Waals surface area (Å²) in [5.74, 6) is 0.259. The fourth-order valence-corrected chi connectivity index (χ4v) is 3.74. The molecule has 0 aliphatic rings. The van der Waals surface area contributed by atoms with Crippen molar-refractivity contribution in [2.24, 2.45) is 0 Å². The Morgan fingerprint density at radius 1 is 1.20 bits per heavy atom. The lowest BCUT2D eigenvalue weighted by atomic mass is 10.2. The van der Waals surface area contributed by atoms with Crippen LogP contribution in [0.2, 0.25) is 0 Å². The zero-order chi connectivity index (χ0) is 18.6. The second-order valence-corrected chi connectivity index (χ2v) is 8.82. The third kappa shape index (κ3) is 4.93. The first kappa shape index (κ1) is 19.7. The molecule has 0 saturated heterocycles. The normalized spacial score (nSPS) is 11.4. The highest BCUT2D eigenvalue weighted by Crippen LogP contribution is 2.23. The Balaban J connectivity index is 2.10. The number of amides is 1. The van der Waals surface area contributed by atoms with Crippen LogP contribution in [0.3, 0.4) is 0 Å². The van der Waals surface area contributed by atoms with E-state index in [1.165, 1.54) is 20.2 Å². The Hall–Kier alpha value is -1.65. The lowest BCUT2D eigenvalue weighted by Crippen LogP contribution is -2.24. The predicted octanol–water partition coefficient (Wildman–Crippen LogP) is 2.87. The number of carbonyl (C=O) groups excluding carboxylic acids is 1. The van der Waals surface area contributed by atoms with Gasteiger partial charge < -0.3 is 10.1 Å². The molecule has 0 fully saturated rings. The summed E-state index contributed by atoms with van der Waals surface area (Å²) in [4.78, 5) is 12.2. The quantitative estimate of drug-likeness (QED) is 0.654. The Labute approximate surface area is 161 Å². The number of sulfonamides is 1. The van der Waals surface area contributed by atoms with Gasteiger partial charge in [-0.1, -0.05) is 18.2 Å². The summed E-state index contributed by atoms with van der Waals surface area (Å²) < 4.78 is 32.2. The molecule has 6 nitrogen and oxygen atoms in total. The van der Waals surface area contributed by atoms with Crippen molar-refractivity contribution in [3.05, 3.63) is 51.6 Å². The van der Waals surface area contributed by atoms with Crippen LogP contribution < -0.4 is 10.1 Å². The molecular weight excluding hydrogens is 455 g/mol. The fourth-order valence-electron chi connectivity index (χ4n) is 2.05. The van der Waals surface area contributed by atoms with Crippen molar-refractivity contribution in [2.45, 2.75) is 11.8 Å². The average Bonchev–Trinajstić information content (AvgIpc) is 2.55. The van der Waals surface area contributed by atoms with Crippen LogP contribution in [0.5, 0.6) is 5.75 Å². The van der Waals surface area contributed by atoms with E-state index in [-0.39, 0.29) is 17.4 Å². The second-order valence-electron chi connectivity index (χ2n) is 5.53. The first-order valence-corrected chi connectivity index (χ1v) is 9.94. The first-order valence-electron chi connectivity index (χ1n) is 7.42. The predicted molar refractivity (Wildman–Crippen MR) is 105 cm³/mol. The maximum atomic E-state index is 12.3. The average molecular weight is 474 g/mol. The zero-order valence-corrected chi connectivity index (χ0v) is 17.1. The minimum Gasteiger partial charge on any atom is -0.483 e. The second kappa shape index (κ2) is 8.15. The molecule has 2 aromatic carbocycles. The van der Waals surface area contributed by atoms with Crippen molar-refractivity contribution in [3.8, 4) is 5.75 Å². The van der Waals surface area contributed by atoms with E-state index in [1.807, 2.05) is 18.2 Å². The Morgan fingerprint density at radius 2 is 1.88 bits per heavy atom. The number of rotatable bonds is 6. The summed E-state index contributed by atoms with van der Waals surface area (Å²) in [7, 11) is -0.642. The van der Waals surface area contributed by atoms with Crippen LogP contribution in [0.15, 0.2) is 47.4 Å². The van der Waals surface area contributed by atoms with Gasteiger partial charge in [0, 0.05) is 19.8 Å². The van der Waals surface area contributed by atoms with E-state index in [9.17, 15) is 13.2 Å². The van der Waals surface area contributed by atoms with Crippen molar-refractivity contribution in [1.82, 2.24) is 4.31 Å². The van der Waals surface area contributed by atoms with Crippen molar-refractivity contribution in [2.75, 3.05) is 26.0 Å². The fraction of sp³-hybridized carbons (Fsp3) is 0.235. The van der Waals surface area contributed by atoms with Gasteiger partial charge in [0.05, 0.1) is 8.47 Å². The van der Waals surface area contributed by atoms with Gasteiger partial charge in [-0.05, 0) is 59.3 Å². The number of nitrogens with zero attached hydrogens (tertiary/aromatic N) is 1. The van der Waals surface area contributed by atoms with Gasteiger partial charge in [0.25, 0.3) is 5.91 Å². The summed E-state index contributed by atoms with van der Waals surface area (Å²) in [5, 5.41) is 2.66. The molecule has 2 rings (SSSR count). The zero-order valence-electron chi connectivity index (χ0n) is 14.1. The van der Waals surface area contributed by atoms with E-state index in [1.54, 1.807) is 25.1 Å². The van der Waals surface area contributed by atoms with E-state index in [4.69, 9.17) is 4.74 Å². The molecule has 0 bridgehead atoms. The first-order chi connectivity index (χ1) is 11.7. The number of halogens is 1. The molecule has 0 atom stereocenters. The molecule has 2 aromatic rings. The summed E-state index contributed by atoms with van der Waals surface area (Å²) in [6.07, 6.45) is 0. The number of hydrogen-bond donors (Lipinski definition) is 1. The minimum absolute atomic E-state index is 0.161. The van der Waals surface area contributed by atoms with Crippen molar-refractivity contribution in [3.63, 3.8) is 0 Å².